The first-order valence-electron chi connectivity index (χ1n) is 10.5. The van der Waals surface area contributed by atoms with Crippen molar-refractivity contribution < 1.29 is 13.2 Å². The predicted octanol–water partition coefficient (Wildman–Crippen LogP) is 3.67. The van der Waals surface area contributed by atoms with Gasteiger partial charge in [-0.25, -0.2) is 13.8 Å². The van der Waals surface area contributed by atoms with E-state index < -0.39 is 15.9 Å². The van der Waals surface area contributed by atoms with E-state index in [-0.39, 0.29) is 10.5 Å². The van der Waals surface area contributed by atoms with E-state index in [1.54, 1.807) is 18.3 Å². The summed E-state index contributed by atoms with van der Waals surface area (Å²) in [7, 11) is -3.59. The second-order valence-corrected chi connectivity index (χ2v) is 9.57. The van der Waals surface area contributed by atoms with E-state index in [0.29, 0.717) is 13.1 Å². The number of hydrogen-bond acceptors (Lipinski definition) is 4. The van der Waals surface area contributed by atoms with Crippen molar-refractivity contribution in [3.63, 3.8) is 0 Å². The summed E-state index contributed by atoms with van der Waals surface area (Å²) in [5.74, 6) is -0.457. The molecule has 2 N–H and O–H groups in total. The number of sulfonamides is 1. The van der Waals surface area contributed by atoms with E-state index in [0.717, 1.165) is 42.1 Å². The van der Waals surface area contributed by atoms with Crippen molar-refractivity contribution in [1.29, 1.82) is 0 Å². The van der Waals surface area contributed by atoms with Gasteiger partial charge in [-0.1, -0.05) is 37.6 Å². The zero-order valence-electron chi connectivity index (χ0n) is 17.5. The lowest BCUT2D eigenvalue weighted by Crippen LogP contribution is -2.35. The maximum atomic E-state index is 12.9. The molecule has 4 rings (SSSR count). The van der Waals surface area contributed by atoms with Crippen molar-refractivity contribution in [2.75, 3.05) is 13.1 Å². The van der Waals surface area contributed by atoms with Crippen LogP contribution in [0.4, 0.5) is 0 Å². The molecule has 2 heterocycles. The first-order valence-corrected chi connectivity index (χ1v) is 12.0. The molecule has 1 saturated heterocycles. The van der Waals surface area contributed by atoms with Gasteiger partial charge in [0, 0.05) is 41.3 Å². The topological polar surface area (TPSA) is 94.6 Å². The van der Waals surface area contributed by atoms with Crippen molar-refractivity contribution in [3.05, 3.63) is 65.4 Å². The third-order valence-corrected chi connectivity index (χ3v) is 7.53. The van der Waals surface area contributed by atoms with Crippen LogP contribution >= 0.6 is 0 Å². The highest BCUT2D eigenvalue weighted by Crippen LogP contribution is 2.22. The molecular formula is C23H26N4O3S. The van der Waals surface area contributed by atoms with Crippen molar-refractivity contribution in [2.45, 2.75) is 37.5 Å². The summed E-state index contributed by atoms with van der Waals surface area (Å²) >= 11 is 0. The molecule has 7 nitrogen and oxygen atoms in total. The summed E-state index contributed by atoms with van der Waals surface area (Å²) in [6.07, 6.45) is 7.13. The molecule has 0 atom stereocenters. The van der Waals surface area contributed by atoms with Gasteiger partial charge in [0.25, 0.3) is 5.91 Å². The summed E-state index contributed by atoms with van der Waals surface area (Å²) < 4.78 is 27.2. The van der Waals surface area contributed by atoms with Crippen LogP contribution in [0.1, 0.15) is 47.7 Å². The number of para-hydroxylation sites is 1. The van der Waals surface area contributed by atoms with Gasteiger partial charge in [0.05, 0.1) is 11.1 Å². The van der Waals surface area contributed by atoms with Crippen molar-refractivity contribution >= 4 is 33.0 Å². The molecule has 1 aliphatic heterocycles. The number of H-pyrrole nitrogens is 1. The lowest BCUT2D eigenvalue weighted by atomic mass is 10.1. The molecule has 31 heavy (non-hydrogen) atoms. The predicted molar refractivity (Wildman–Crippen MR) is 122 cm³/mol. The van der Waals surface area contributed by atoms with Crippen LogP contribution in [0.5, 0.6) is 0 Å². The number of amides is 1. The number of hydrazone groups is 1. The number of aromatic nitrogens is 1. The van der Waals surface area contributed by atoms with Crippen LogP contribution in [0.3, 0.4) is 0 Å². The zero-order chi connectivity index (χ0) is 21.8. The number of fused-ring (bicyclic) bond motifs is 1. The molecule has 0 spiro atoms. The number of nitrogens with zero attached hydrogens (tertiary/aromatic N) is 2. The third-order valence-electron chi connectivity index (χ3n) is 5.63. The molecule has 0 bridgehead atoms. The minimum Gasteiger partial charge on any atom is -0.360 e. The second-order valence-electron chi connectivity index (χ2n) is 7.63. The fraction of sp³-hybridized carbons (Fsp3) is 0.304. The van der Waals surface area contributed by atoms with Gasteiger partial charge in [-0.05, 0) is 43.0 Å². The normalized spacial score (nSPS) is 15.5. The number of nitrogens with one attached hydrogen (secondary N) is 2. The maximum Gasteiger partial charge on any atom is 0.271 e. The Kier molecular flexibility index (Phi) is 6.20. The summed E-state index contributed by atoms with van der Waals surface area (Å²) in [5.41, 5.74) is 5.90. The fourth-order valence-corrected chi connectivity index (χ4v) is 5.48. The van der Waals surface area contributed by atoms with Crippen LogP contribution in [0, 0.1) is 0 Å². The van der Waals surface area contributed by atoms with Crippen LogP contribution in [0.15, 0.2) is 58.7 Å². The monoisotopic (exact) mass is 438 g/mol. The van der Waals surface area contributed by atoms with Crippen molar-refractivity contribution in [3.8, 4) is 0 Å². The van der Waals surface area contributed by atoms with E-state index >= 15 is 0 Å². The van der Waals surface area contributed by atoms with Crippen LogP contribution in [-0.4, -0.2) is 42.9 Å². The molecule has 1 aromatic heterocycles. The second kappa shape index (κ2) is 9.03. The van der Waals surface area contributed by atoms with Crippen LogP contribution in [0.2, 0.25) is 0 Å². The standard InChI is InChI=1S/C23H26N4O3S/c1-2-17-8-7-11-21-19(15-24-22(17)21)16-25-26-23(28)18-9-6-10-20(14-18)31(29,30)27-12-4-3-5-13-27/h6-11,14-16,24H,2-5,12-13H2,1H3,(H,26,28). The van der Waals surface area contributed by atoms with Gasteiger partial charge in [0.1, 0.15) is 0 Å². The van der Waals surface area contributed by atoms with Crippen molar-refractivity contribution in [1.82, 2.24) is 14.7 Å². The molecular weight excluding hydrogens is 412 g/mol. The highest BCUT2D eigenvalue weighted by atomic mass is 32.2. The molecule has 1 fully saturated rings. The largest absolute Gasteiger partial charge is 0.360 e. The number of aryl methyl sites for hydroxylation is 1. The molecule has 1 amide bonds. The van der Waals surface area contributed by atoms with Crippen LogP contribution in [-0.2, 0) is 16.4 Å². The Bertz CT molecular complexity index is 1220. The molecule has 2 aromatic carbocycles. The number of aromatic amines is 1. The minimum atomic E-state index is -3.59. The average molecular weight is 439 g/mol. The smallest absolute Gasteiger partial charge is 0.271 e. The lowest BCUT2D eigenvalue weighted by molar-refractivity contribution is 0.0955. The molecule has 3 aromatic rings. The first kappa shape index (κ1) is 21.3. The van der Waals surface area contributed by atoms with Gasteiger partial charge in [0.15, 0.2) is 0 Å². The summed E-state index contributed by atoms with van der Waals surface area (Å²) in [4.78, 5) is 15.9. The number of hydrogen-bond donors (Lipinski definition) is 2. The quantitative estimate of drug-likeness (QED) is 0.454. The Balaban J connectivity index is 1.49. The van der Waals surface area contributed by atoms with Gasteiger partial charge in [-0.2, -0.15) is 9.41 Å². The zero-order valence-corrected chi connectivity index (χ0v) is 18.3. The highest BCUT2D eigenvalue weighted by Gasteiger charge is 2.26. The van der Waals surface area contributed by atoms with Gasteiger partial charge < -0.3 is 4.98 Å². The maximum absolute atomic E-state index is 12.9. The van der Waals surface area contributed by atoms with Gasteiger partial charge in [-0.15, -0.1) is 0 Å². The summed E-state index contributed by atoms with van der Waals surface area (Å²) in [6.45, 7) is 3.14. The highest BCUT2D eigenvalue weighted by molar-refractivity contribution is 7.89. The number of carbonyl (C=O) groups excluding carboxylic acids is 1. The molecule has 0 saturated carbocycles. The number of benzene rings is 2. The minimum absolute atomic E-state index is 0.134. The third kappa shape index (κ3) is 4.40. The van der Waals surface area contributed by atoms with Crippen LogP contribution in [0.25, 0.3) is 10.9 Å². The number of piperidine rings is 1. The molecule has 0 aliphatic carbocycles. The van der Waals surface area contributed by atoms with E-state index in [4.69, 9.17) is 0 Å². The van der Waals surface area contributed by atoms with Gasteiger partial charge >= 0.3 is 0 Å². The SMILES string of the molecule is CCc1cccc2c(C=NNC(=O)c3cccc(S(=O)(=O)N4CCCCC4)c3)c[nH]c12. The Labute approximate surface area is 182 Å². The molecule has 0 radical (unpaired) electrons. The van der Waals surface area contributed by atoms with E-state index in [2.05, 4.69) is 28.5 Å². The van der Waals surface area contributed by atoms with Gasteiger partial charge in [-0.3, -0.25) is 4.79 Å². The number of carbonyl (C=O) groups is 1. The van der Waals surface area contributed by atoms with Gasteiger partial charge in [0.2, 0.25) is 10.0 Å². The summed E-state index contributed by atoms with van der Waals surface area (Å²) in [5, 5.41) is 5.11. The van der Waals surface area contributed by atoms with E-state index in [1.165, 1.54) is 22.0 Å². The van der Waals surface area contributed by atoms with E-state index in [9.17, 15) is 13.2 Å². The average Bonchev–Trinajstić information content (AvgIpc) is 3.23. The summed E-state index contributed by atoms with van der Waals surface area (Å²) in [6, 6.07) is 12.2. The fourth-order valence-electron chi connectivity index (χ4n) is 3.92. The Hall–Kier alpha value is -2.97. The number of rotatable bonds is 6. The molecule has 0 unspecified atom stereocenters. The molecule has 8 heteroatoms. The lowest BCUT2D eigenvalue weighted by Gasteiger charge is -2.25. The van der Waals surface area contributed by atoms with Crippen LogP contribution < -0.4 is 5.43 Å². The Morgan fingerprint density at radius 3 is 2.71 bits per heavy atom. The Morgan fingerprint density at radius 2 is 1.94 bits per heavy atom. The first-order chi connectivity index (χ1) is 15.0. The Morgan fingerprint density at radius 1 is 1.16 bits per heavy atom. The van der Waals surface area contributed by atoms with Crippen molar-refractivity contribution in [2.24, 2.45) is 5.10 Å². The van der Waals surface area contributed by atoms with E-state index in [1.807, 2.05) is 18.3 Å². The molecule has 162 valence electrons. The molecule has 1 aliphatic rings.